The van der Waals surface area contributed by atoms with Crippen molar-refractivity contribution >= 4 is 23.2 Å². The molecule has 0 aliphatic rings. The molecule has 0 spiro atoms. The van der Waals surface area contributed by atoms with E-state index in [9.17, 15) is 18.4 Å². The number of aryl methyl sites for hydroxylation is 2. The molecule has 2 amide bonds. The molecule has 0 unspecified atom stereocenters. The van der Waals surface area contributed by atoms with Gasteiger partial charge in [-0.2, -0.15) is 8.78 Å². The molecule has 1 aromatic heterocycles. The summed E-state index contributed by atoms with van der Waals surface area (Å²) in [6.45, 7) is 2.79. The molecule has 0 aliphatic carbocycles. The van der Waals surface area contributed by atoms with Crippen LogP contribution in [0, 0.1) is 6.92 Å². The first-order valence-electron chi connectivity index (χ1n) is 8.27. The van der Waals surface area contributed by atoms with Crippen LogP contribution in [0.3, 0.4) is 0 Å². The lowest BCUT2D eigenvalue weighted by molar-refractivity contribution is -0.0514. The molecule has 0 radical (unpaired) electrons. The van der Waals surface area contributed by atoms with E-state index in [0.717, 1.165) is 16.9 Å². The molecule has 1 aromatic carbocycles. The third-order valence-corrected chi connectivity index (χ3v) is 4.96. The van der Waals surface area contributed by atoms with Gasteiger partial charge >= 0.3 is 6.61 Å². The number of benzene rings is 1. The number of carbonyl (C=O) groups excluding carboxylic acids is 2. The average molecular weight is 398 g/mol. The fraction of sp³-hybridized carbons (Fsp3) is 0.333. The molecule has 0 saturated carbocycles. The van der Waals surface area contributed by atoms with Gasteiger partial charge in [0.25, 0.3) is 11.8 Å². The molecule has 146 valence electrons. The Morgan fingerprint density at radius 2 is 1.81 bits per heavy atom. The summed E-state index contributed by atoms with van der Waals surface area (Å²) in [4.78, 5) is 26.0. The van der Waals surface area contributed by atoms with E-state index in [1.54, 1.807) is 13.0 Å². The summed E-state index contributed by atoms with van der Waals surface area (Å²) in [6.07, 6.45) is 0.823. The number of amides is 2. The summed E-state index contributed by atoms with van der Waals surface area (Å²) in [7, 11) is 0. The lowest BCUT2D eigenvalue weighted by Gasteiger charge is -2.13. The highest BCUT2D eigenvalue weighted by molar-refractivity contribution is 7.14. The molecular weight excluding hydrogens is 378 g/mol. The minimum atomic E-state index is -3.01. The highest BCUT2D eigenvalue weighted by Crippen LogP contribution is 2.30. The second-order valence-corrected chi connectivity index (χ2v) is 6.59. The molecule has 2 N–H and O–H groups in total. The van der Waals surface area contributed by atoms with Crippen LogP contribution in [0.25, 0.3) is 0 Å². The molecule has 0 atom stereocenters. The second kappa shape index (κ2) is 9.31. The topological polar surface area (TPSA) is 76.7 Å². The first-order valence-corrected chi connectivity index (χ1v) is 9.09. The van der Waals surface area contributed by atoms with Crippen molar-refractivity contribution in [3.05, 3.63) is 45.1 Å². The van der Waals surface area contributed by atoms with Gasteiger partial charge in [-0.3, -0.25) is 20.4 Å². The number of hydrogen-bond donors (Lipinski definition) is 2. The summed E-state index contributed by atoms with van der Waals surface area (Å²) in [5.74, 6) is -1.21. The largest absolute Gasteiger partial charge is 0.490 e. The summed E-state index contributed by atoms with van der Waals surface area (Å²) in [6, 6.07) is 5.54. The number of ether oxygens (including phenoxy) is 2. The lowest BCUT2D eigenvalue weighted by atomic mass is 10.2. The van der Waals surface area contributed by atoms with Crippen molar-refractivity contribution in [2.45, 2.75) is 33.8 Å². The van der Waals surface area contributed by atoms with Gasteiger partial charge in [0, 0.05) is 10.4 Å². The number of thiophene rings is 1. The quantitative estimate of drug-likeness (QED) is 0.698. The van der Waals surface area contributed by atoms with Crippen LogP contribution >= 0.6 is 11.3 Å². The van der Waals surface area contributed by atoms with Crippen molar-refractivity contribution in [3.63, 3.8) is 0 Å². The number of hydrogen-bond acceptors (Lipinski definition) is 5. The maximum atomic E-state index is 12.4. The van der Waals surface area contributed by atoms with E-state index in [0.29, 0.717) is 4.88 Å². The molecule has 6 nitrogen and oxygen atoms in total. The van der Waals surface area contributed by atoms with Gasteiger partial charge in [-0.15, -0.1) is 11.3 Å². The van der Waals surface area contributed by atoms with E-state index in [1.807, 2.05) is 13.8 Å². The van der Waals surface area contributed by atoms with Crippen LogP contribution in [0.15, 0.2) is 24.3 Å². The molecule has 1 heterocycles. The van der Waals surface area contributed by atoms with Gasteiger partial charge in [-0.05, 0) is 50.1 Å². The third kappa shape index (κ3) is 5.40. The van der Waals surface area contributed by atoms with Crippen LogP contribution in [0.1, 0.15) is 44.3 Å². The lowest BCUT2D eigenvalue weighted by Crippen LogP contribution is -2.41. The van der Waals surface area contributed by atoms with Crippen molar-refractivity contribution in [1.29, 1.82) is 0 Å². The Kier molecular flexibility index (Phi) is 7.12. The number of alkyl halides is 2. The van der Waals surface area contributed by atoms with Crippen LogP contribution in [-0.4, -0.2) is 25.0 Å². The normalized spacial score (nSPS) is 10.6. The summed E-state index contributed by atoms with van der Waals surface area (Å²) in [5, 5.41) is 0. The highest BCUT2D eigenvalue weighted by Gasteiger charge is 2.16. The fourth-order valence-corrected chi connectivity index (χ4v) is 3.35. The van der Waals surface area contributed by atoms with E-state index in [1.165, 1.54) is 29.5 Å². The van der Waals surface area contributed by atoms with Crippen LogP contribution in [0.2, 0.25) is 0 Å². The maximum absolute atomic E-state index is 12.4. The Morgan fingerprint density at radius 3 is 2.41 bits per heavy atom. The molecule has 2 aromatic rings. The van der Waals surface area contributed by atoms with Gasteiger partial charge in [0.2, 0.25) is 0 Å². The maximum Gasteiger partial charge on any atom is 0.387 e. The Bertz CT molecular complexity index is 824. The highest BCUT2D eigenvalue weighted by atomic mass is 32.1. The van der Waals surface area contributed by atoms with E-state index in [-0.39, 0.29) is 23.7 Å². The second-order valence-electron chi connectivity index (χ2n) is 5.45. The molecule has 0 fully saturated rings. The molecule has 9 heteroatoms. The molecule has 0 bridgehead atoms. The Morgan fingerprint density at radius 1 is 1.11 bits per heavy atom. The first-order chi connectivity index (χ1) is 12.8. The summed E-state index contributed by atoms with van der Waals surface area (Å²) in [5.41, 5.74) is 5.78. The van der Waals surface area contributed by atoms with Gasteiger partial charge in [-0.1, -0.05) is 6.92 Å². The molecule has 0 saturated heterocycles. The zero-order chi connectivity index (χ0) is 20.0. The average Bonchev–Trinajstić information content (AvgIpc) is 3.01. The standard InChI is InChI=1S/C18H20F2N2O4S/c1-4-14-10(3)8-15(27-14)17(24)22-21-16(23)11-6-7-12(26-18(19)20)13(9-11)25-5-2/h6-9,18H,4-5H2,1-3H3,(H,21,23)(H,22,24). The predicted octanol–water partition coefficient (Wildman–Crippen LogP) is 3.69. The molecular formula is C18H20F2N2O4S. The van der Waals surface area contributed by atoms with Crippen LogP contribution in [0.5, 0.6) is 11.5 Å². The van der Waals surface area contributed by atoms with E-state index < -0.39 is 18.4 Å². The Balaban J connectivity index is 2.06. The smallest absolute Gasteiger partial charge is 0.387 e. The van der Waals surface area contributed by atoms with E-state index >= 15 is 0 Å². The van der Waals surface area contributed by atoms with E-state index in [4.69, 9.17) is 4.74 Å². The summed E-state index contributed by atoms with van der Waals surface area (Å²) < 4.78 is 34.4. The number of halogens is 2. The van der Waals surface area contributed by atoms with Crippen LogP contribution in [-0.2, 0) is 6.42 Å². The van der Waals surface area contributed by atoms with Gasteiger partial charge in [0.05, 0.1) is 11.5 Å². The van der Waals surface area contributed by atoms with Crippen molar-refractivity contribution < 1.29 is 27.8 Å². The van der Waals surface area contributed by atoms with Crippen molar-refractivity contribution in [1.82, 2.24) is 10.9 Å². The number of carbonyl (C=O) groups is 2. The zero-order valence-corrected chi connectivity index (χ0v) is 15.9. The van der Waals surface area contributed by atoms with Crippen molar-refractivity contribution in [2.75, 3.05) is 6.61 Å². The van der Waals surface area contributed by atoms with Crippen LogP contribution in [0.4, 0.5) is 8.78 Å². The van der Waals surface area contributed by atoms with Crippen molar-refractivity contribution in [2.24, 2.45) is 0 Å². The van der Waals surface area contributed by atoms with Gasteiger partial charge in [0.1, 0.15) is 0 Å². The summed E-state index contributed by atoms with van der Waals surface area (Å²) >= 11 is 1.36. The van der Waals surface area contributed by atoms with Crippen LogP contribution < -0.4 is 20.3 Å². The van der Waals surface area contributed by atoms with Gasteiger partial charge in [-0.25, -0.2) is 0 Å². The zero-order valence-electron chi connectivity index (χ0n) is 15.1. The first kappa shape index (κ1) is 20.6. The number of rotatable bonds is 7. The molecule has 0 aliphatic heterocycles. The van der Waals surface area contributed by atoms with Gasteiger partial charge in [0.15, 0.2) is 11.5 Å². The molecule has 27 heavy (non-hydrogen) atoms. The van der Waals surface area contributed by atoms with Gasteiger partial charge < -0.3 is 9.47 Å². The predicted molar refractivity (Wildman–Crippen MR) is 97.6 cm³/mol. The monoisotopic (exact) mass is 398 g/mol. The fourth-order valence-electron chi connectivity index (χ4n) is 2.34. The third-order valence-electron chi connectivity index (χ3n) is 3.58. The minimum absolute atomic E-state index is 0.0123. The minimum Gasteiger partial charge on any atom is -0.490 e. The van der Waals surface area contributed by atoms with E-state index in [2.05, 4.69) is 15.6 Å². The SMILES string of the molecule is CCOc1cc(C(=O)NNC(=O)c2cc(C)c(CC)s2)ccc1OC(F)F. The Hall–Kier alpha value is -2.68. The molecule has 2 rings (SSSR count). The number of hydrazine groups is 1. The Labute approximate surface area is 159 Å². The van der Waals surface area contributed by atoms with Crippen molar-refractivity contribution in [3.8, 4) is 11.5 Å². The number of nitrogens with one attached hydrogen (secondary N) is 2.